The molecule has 20 heavy (non-hydrogen) atoms. The van der Waals surface area contributed by atoms with Gasteiger partial charge < -0.3 is 23.9 Å². The molecule has 5 heteroatoms. The van der Waals surface area contributed by atoms with Crippen LogP contribution in [0.15, 0.2) is 34.7 Å². The molecule has 2 aromatic rings. The third kappa shape index (κ3) is 3.05. The van der Waals surface area contributed by atoms with Crippen molar-refractivity contribution >= 4 is 0 Å². The van der Waals surface area contributed by atoms with Crippen LogP contribution in [0.1, 0.15) is 11.5 Å². The summed E-state index contributed by atoms with van der Waals surface area (Å²) in [6, 6.07) is 9.51. The van der Waals surface area contributed by atoms with Gasteiger partial charge in [-0.3, -0.25) is 0 Å². The van der Waals surface area contributed by atoms with E-state index in [-0.39, 0.29) is 6.79 Å². The van der Waals surface area contributed by atoms with Crippen LogP contribution in [0.3, 0.4) is 0 Å². The third-order valence-corrected chi connectivity index (χ3v) is 2.99. The van der Waals surface area contributed by atoms with Crippen molar-refractivity contribution in [2.75, 3.05) is 19.9 Å². The molecule has 0 radical (unpaired) electrons. The molecule has 5 nitrogen and oxygen atoms in total. The third-order valence-electron chi connectivity index (χ3n) is 2.99. The first-order valence-corrected chi connectivity index (χ1v) is 6.60. The molecule has 0 amide bonds. The Balaban J connectivity index is 1.39. The number of fused-ring (bicyclic) bond motifs is 1. The predicted molar refractivity (Wildman–Crippen MR) is 73.2 cm³/mol. The van der Waals surface area contributed by atoms with E-state index in [2.05, 4.69) is 5.32 Å². The van der Waals surface area contributed by atoms with E-state index < -0.39 is 0 Å². The molecule has 0 spiro atoms. The summed E-state index contributed by atoms with van der Waals surface area (Å²) in [6.07, 6.45) is 0. The van der Waals surface area contributed by atoms with Crippen molar-refractivity contribution in [2.45, 2.75) is 13.5 Å². The quantitative estimate of drug-likeness (QED) is 0.821. The van der Waals surface area contributed by atoms with E-state index in [1.54, 1.807) is 0 Å². The van der Waals surface area contributed by atoms with E-state index >= 15 is 0 Å². The zero-order chi connectivity index (χ0) is 13.8. The van der Waals surface area contributed by atoms with E-state index in [0.29, 0.717) is 13.2 Å². The topological polar surface area (TPSA) is 52.9 Å². The predicted octanol–water partition coefficient (Wildman–Crippen LogP) is 2.49. The van der Waals surface area contributed by atoms with Gasteiger partial charge in [-0.2, -0.15) is 0 Å². The minimum absolute atomic E-state index is 0.281. The van der Waals surface area contributed by atoms with Gasteiger partial charge in [0.15, 0.2) is 11.5 Å². The summed E-state index contributed by atoms with van der Waals surface area (Å²) in [5.41, 5.74) is 0. The molecule has 3 rings (SSSR count). The van der Waals surface area contributed by atoms with Crippen LogP contribution in [-0.2, 0) is 6.54 Å². The lowest BCUT2D eigenvalue weighted by Gasteiger charge is -2.07. The number of hydrogen-bond acceptors (Lipinski definition) is 5. The number of nitrogens with one attached hydrogen (secondary N) is 1. The van der Waals surface area contributed by atoms with E-state index in [0.717, 1.165) is 35.3 Å². The van der Waals surface area contributed by atoms with Crippen LogP contribution < -0.4 is 19.5 Å². The summed E-state index contributed by atoms with van der Waals surface area (Å²) in [4.78, 5) is 0. The number of ether oxygens (including phenoxy) is 3. The monoisotopic (exact) mass is 275 g/mol. The zero-order valence-electron chi connectivity index (χ0n) is 11.3. The maximum absolute atomic E-state index is 5.65. The summed E-state index contributed by atoms with van der Waals surface area (Å²) >= 11 is 0. The van der Waals surface area contributed by atoms with Crippen LogP contribution in [0.5, 0.6) is 17.2 Å². The molecule has 1 aromatic carbocycles. The molecule has 0 bridgehead atoms. The second-order valence-corrected chi connectivity index (χ2v) is 4.55. The van der Waals surface area contributed by atoms with Crippen molar-refractivity contribution in [1.29, 1.82) is 0 Å². The minimum Gasteiger partial charge on any atom is -0.492 e. The molecule has 1 N–H and O–H groups in total. The van der Waals surface area contributed by atoms with E-state index in [1.165, 1.54) is 0 Å². The highest BCUT2D eigenvalue weighted by atomic mass is 16.7. The Hall–Kier alpha value is -2.14. The molecule has 0 saturated carbocycles. The Morgan fingerprint density at radius 2 is 2.05 bits per heavy atom. The lowest BCUT2D eigenvalue weighted by atomic mass is 10.3. The van der Waals surface area contributed by atoms with Crippen molar-refractivity contribution in [3.05, 3.63) is 41.9 Å². The van der Waals surface area contributed by atoms with Gasteiger partial charge in [0.2, 0.25) is 6.79 Å². The van der Waals surface area contributed by atoms with Crippen molar-refractivity contribution in [2.24, 2.45) is 0 Å². The van der Waals surface area contributed by atoms with Crippen LogP contribution in [-0.4, -0.2) is 19.9 Å². The number of benzene rings is 1. The normalized spacial score (nSPS) is 12.7. The molecule has 106 valence electrons. The average molecular weight is 275 g/mol. The Labute approximate surface area is 117 Å². The zero-order valence-corrected chi connectivity index (χ0v) is 11.3. The lowest BCUT2D eigenvalue weighted by molar-refractivity contribution is 0.173. The van der Waals surface area contributed by atoms with E-state index in [1.807, 2.05) is 37.3 Å². The first-order valence-electron chi connectivity index (χ1n) is 6.60. The first-order chi connectivity index (χ1) is 9.81. The van der Waals surface area contributed by atoms with Gasteiger partial charge in [0.05, 0.1) is 6.54 Å². The van der Waals surface area contributed by atoms with Crippen LogP contribution >= 0.6 is 0 Å². The van der Waals surface area contributed by atoms with Gasteiger partial charge in [0.1, 0.15) is 23.9 Å². The number of furan rings is 1. The number of rotatable bonds is 6. The lowest BCUT2D eigenvalue weighted by Crippen LogP contribution is -2.20. The second kappa shape index (κ2) is 5.88. The molecule has 0 unspecified atom stereocenters. The maximum atomic E-state index is 5.65. The van der Waals surface area contributed by atoms with Crippen LogP contribution in [0.25, 0.3) is 0 Å². The SMILES string of the molecule is Cc1ccc(CNCCOc2ccc3c(c2)OCO3)o1. The molecular formula is C15H17NO4. The fourth-order valence-corrected chi connectivity index (χ4v) is 2.00. The fraction of sp³-hybridized carbons (Fsp3) is 0.333. The largest absolute Gasteiger partial charge is 0.492 e. The first kappa shape index (κ1) is 12.9. The van der Waals surface area contributed by atoms with Crippen LogP contribution in [0.4, 0.5) is 0 Å². The summed E-state index contributed by atoms with van der Waals surface area (Å²) in [6.45, 7) is 4.25. The molecule has 0 atom stereocenters. The van der Waals surface area contributed by atoms with Gasteiger partial charge in [-0.15, -0.1) is 0 Å². The highest BCUT2D eigenvalue weighted by molar-refractivity contribution is 5.46. The van der Waals surface area contributed by atoms with Gasteiger partial charge in [0.25, 0.3) is 0 Å². The van der Waals surface area contributed by atoms with E-state index in [9.17, 15) is 0 Å². The van der Waals surface area contributed by atoms with E-state index in [4.69, 9.17) is 18.6 Å². The Morgan fingerprint density at radius 1 is 1.15 bits per heavy atom. The smallest absolute Gasteiger partial charge is 0.231 e. The van der Waals surface area contributed by atoms with Crippen molar-refractivity contribution in [3.63, 3.8) is 0 Å². The van der Waals surface area contributed by atoms with Gasteiger partial charge >= 0.3 is 0 Å². The average Bonchev–Trinajstić information content (AvgIpc) is 3.06. The molecule has 0 saturated heterocycles. The van der Waals surface area contributed by atoms with Crippen molar-refractivity contribution in [1.82, 2.24) is 5.32 Å². The second-order valence-electron chi connectivity index (χ2n) is 4.55. The van der Waals surface area contributed by atoms with Gasteiger partial charge in [-0.1, -0.05) is 0 Å². The Kier molecular flexibility index (Phi) is 3.78. The molecule has 0 fully saturated rings. The molecular weight excluding hydrogens is 258 g/mol. The molecule has 2 heterocycles. The summed E-state index contributed by atoms with van der Waals surface area (Å²) < 4.78 is 21.7. The summed E-state index contributed by atoms with van der Waals surface area (Å²) in [5, 5.41) is 3.26. The van der Waals surface area contributed by atoms with Gasteiger partial charge in [-0.05, 0) is 31.2 Å². The molecule has 1 aliphatic heterocycles. The van der Waals surface area contributed by atoms with Gasteiger partial charge in [-0.25, -0.2) is 0 Å². The van der Waals surface area contributed by atoms with Gasteiger partial charge in [0, 0.05) is 12.6 Å². The summed E-state index contributed by atoms with van der Waals surface area (Å²) in [5.74, 6) is 4.15. The Bertz CT molecular complexity index is 579. The maximum Gasteiger partial charge on any atom is 0.231 e. The molecule has 1 aromatic heterocycles. The fourth-order valence-electron chi connectivity index (χ4n) is 2.00. The minimum atomic E-state index is 0.281. The highest BCUT2D eigenvalue weighted by Crippen LogP contribution is 2.34. The summed E-state index contributed by atoms with van der Waals surface area (Å²) in [7, 11) is 0. The van der Waals surface area contributed by atoms with Crippen molar-refractivity contribution < 1.29 is 18.6 Å². The number of hydrogen-bond donors (Lipinski definition) is 1. The van der Waals surface area contributed by atoms with Crippen LogP contribution in [0.2, 0.25) is 0 Å². The molecule has 1 aliphatic rings. The Morgan fingerprint density at radius 3 is 2.90 bits per heavy atom. The number of aryl methyl sites for hydroxylation is 1. The molecule has 0 aliphatic carbocycles. The van der Waals surface area contributed by atoms with Crippen molar-refractivity contribution in [3.8, 4) is 17.2 Å². The standard InChI is InChI=1S/C15H17NO4/c1-11-2-3-13(20-11)9-16-6-7-17-12-4-5-14-15(8-12)19-10-18-14/h2-5,8,16H,6-7,9-10H2,1H3. The van der Waals surface area contributed by atoms with Crippen LogP contribution in [0, 0.1) is 6.92 Å². The highest BCUT2D eigenvalue weighted by Gasteiger charge is 2.13.